The number of rotatable bonds is 7. The Morgan fingerprint density at radius 3 is 2.38 bits per heavy atom. The maximum atomic E-state index is 13.0. The first-order valence-corrected chi connectivity index (χ1v) is 10.1. The van der Waals surface area contributed by atoms with Gasteiger partial charge in [0.2, 0.25) is 26.6 Å². The fraction of sp³-hybridized carbons (Fsp3) is 0.250. The largest absolute Gasteiger partial charge is 0.419 e. The Kier molecular flexibility index (Phi) is 5.42. The van der Waals surface area contributed by atoms with Crippen LogP contribution in [0, 0.1) is 6.92 Å². The van der Waals surface area contributed by atoms with Crippen LogP contribution in [-0.2, 0) is 9.84 Å². The average Bonchev–Trinajstić information content (AvgIpc) is 3.08. The summed E-state index contributed by atoms with van der Waals surface area (Å²) in [6.45, 7) is 4.68. The van der Waals surface area contributed by atoms with E-state index in [1.807, 2.05) is 31.2 Å². The third-order valence-electron chi connectivity index (χ3n) is 4.02. The zero-order valence-electron chi connectivity index (χ0n) is 14.9. The second-order valence-electron chi connectivity index (χ2n) is 6.12. The number of oxazole rings is 1. The van der Waals surface area contributed by atoms with Gasteiger partial charge in [0, 0.05) is 12.1 Å². The highest BCUT2D eigenvalue weighted by Crippen LogP contribution is 2.32. The van der Waals surface area contributed by atoms with Crippen LogP contribution in [0.1, 0.15) is 25.3 Å². The zero-order chi connectivity index (χ0) is 18.6. The van der Waals surface area contributed by atoms with Gasteiger partial charge in [-0.05, 0) is 37.6 Å². The van der Waals surface area contributed by atoms with E-state index >= 15 is 0 Å². The number of aryl methyl sites for hydroxylation is 1. The molecule has 0 fully saturated rings. The average molecular weight is 370 g/mol. The van der Waals surface area contributed by atoms with Gasteiger partial charge in [-0.15, -0.1) is 0 Å². The molecule has 136 valence electrons. The summed E-state index contributed by atoms with van der Waals surface area (Å²) in [5.41, 5.74) is 1.85. The van der Waals surface area contributed by atoms with E-state index in [1.54, 1.807) is 30.3 Å². The van der Waals surface area contributed by atoms with Crippen molar-refractivity contribution in [2.24, 2.45) is 0 Å². The Morgan fingerprint density at radius 2 is 1.73 bits per heavy atom. The summed E-state index contributed by atoms with van der Waals surface area (Å²) >= 11 is 0. The van der Waals surface area contributed by atoms with Crippen molar-refractivity contribution in [2.75, 3.05) is 11.9 Å². The summed E-state index contributed by atoms with van der Waals surface area (Å²) in [6.07, 6.45) is 1.90. The van der Waals surface area contributed by atoms with Crippen molar-refractivity contribution in [3.63, 3.8) is 0 Å². The molecule has 0 saturated heterocycles. The van der Waals surface area contributed by atoms with Gasteiger partial charge in [-0.25, -0.2) is 8.42 Å². The molecule has 0 aliphatic heterocycles. The summed E-state index contributed by atoms with van der Waals surface area (Å²) in [5, 5.41) is 3.01. The van der Waals surface area contributed by atoms with Crippen LogP contribution in [-0.4, -0.2) is 19.9 Å². The highest BCUT2D eigenvalue weighted by Gasteiger charge is 2.28. The number of hydrogen-bond acceptors (Lipinski definition) is 5. The van der Waals surface area contributed by atoms with Crippen LogP contribution in [0.3, 0.4) is 0 Å². The van der Waals surface area contributed by atoms with E-state index in [-0.39, 0.29) is 15.8 Å². The Balaban J connectivity index is 2.06. The van der Waals surface area contributed by atoms with E-state index in [0.717, 1.165) is 24.0 Å². The van der Waals surface area contributed by atoms with E-state index in [0.29, 0.717) is 12.4 Å². The number of anilines is 1. The number of benzene rings is 2. The molecule has 0 aliphatic carbocycles. The first-order chi connectivity index (χ1) is 12.5. The Bertz CT molecular complexity index is 962. The molecule has 0 unspecified atom stereocenters. The first kappa shape index (κ1) is 18.2. The predicted molar refractivity (Wildman–Crippen MR) is 102 cm³/mol. The molecule has 2 aromatic carbocycles. The Labute approximate surface area is 154 Å². The highest BCUT2D eigenvalue weighted by atomic mass is 32.2. The van der Waals surface area contributed by atoms with Crippen molar-refractivity contribution in [3.05, 3.63) is 60.2 Å². The molecule has 3 aromatic rings. The van der Waals surface area contributed by atoms with Gasteiger partial charge < -0.3 is 9.73 Å². The zero-order valence-corrected chi connectivity index (χ0v) is 15.7. The van der Waals surface area contributed by atoms with Crippen LogP contribution in [0.15, 0.2) is 68.9 Å². The fourth-order valence-electron chi connectivity index (χ4n) is 2.51. The second-order valence-corrected chi connectivity index (χ2v) is 7.98. The molecule has 0 spiro atoms. The van der Waals surface area contributed by atoms with Gasteiger partial charge in [0.15, 0.2) is 0 Å². The lowest BCUT2D eigenvalue weighted by Gasteiger charge is -2.05. The Morgan fingerprint density at radius 1 is 1.04 bits per heavy atom. The SMILES string of the molecule is CCCCNc1oc(-c2ccc(C)cc2)nc1S(=O)(=O)c1ccccc1. The highest BCUT2D eigenvalue weighted by molar-refractivity contribution is 7.91. The number of aromatic nitrogens is 1. The maximum Gasteiger partial charge on any atom is 0.233 e. The quantitative estimate of drug-likeness (QED) is 0.611. The topological polar surface area (TPSA) is 72.2 Å². The molecule has 0 aliphatic rings. The van der Waals surface area contributed by atoms with Gasteiger partial charge >= 0.3 is 0 Å². The minimum atomic E-state index is -3.77. The van der Waals surface area contributed by atoms with Crippen LogP contribution in [0.2, 0.25) is 0 Å². The van der Waals surface area contributed by atoms with E-state index < -0.39 is 9.84 Å². The lowest BCUT2D eigenvalue weighted by atomic mass is 10.1. The minimum absolute atomic E-state index is 0.0737. The van der Waals surface area contributed by atoms with E-state index in [4.69, 9.17) is 4.42 Å². The van der Waals surface area contributed by atoms with Crippen LogP contribution in [0.25, 0.3) is 11.5 Å². The molecule has 5 nitrogen and oxygen atoms in total. The van der Waals surface area contributed by atoms with Gasteiger partial charge in [-0.2, -0.15) is 4.98 Å². The van der Waals surface area contributed by atoms with Crippen molar-refractivity contribution in [2.45, 2.75) is 36.6 Å². The summed E-state index contributed by atoms with van der Waals surface area (Å²) in [4.78, 5) is 4.52. The molecule has 0 radical (unpaired) electrons. The molecule has 6 heteroatoms. The number of nitrogens with one attached hydrogen (secondary N) is 1. The summed E-state index contributed by atoms with van der Waals surface area (Å²) < 4.78 is 31.8. The summed E-state index contributed by atoms with van der Waals surface area (Å²) in [5.74, 6) is 0.483. The monoisotopic (exact) mass is 370 g/mol. The molecule has 3 rings (SSSR count). The molecular weight excluding hydrogens is 348 g/mol. The van der Waals surface area contributed by atoms with Crippen molar-refractivity contribution in [1.29, 1.82) is 0 Å². The third-order valence-corrected chi connectivity index (χ3v) is 5.70. The van der Waals surface area contributed by atoms with Gasteiger partial charge in [0.05, 0.1) is 4.90 Å². The summed E-state index contributed by atoms with van der Waals surface area (Å²) in [6, 6.07) is 15.9. The molecule has 1 heterocycles. The van der Waals surface area contributed by atoms with Crippen LogP contribution in [0.4, 0.5) is 5.88 Å². The number of unbranched alkanes of at least 4 members (excludes halogenated alkanes) is 1. The Hall–Kier alpha value is -2.60. The van der Waals surface area contributed by atoms with Gasteiger partial charge in [-0.1, -0.05) is 49.2 Å². The van der Waals surface area contributed by atoms with Crippen LogP contribution in [0.5, 0.6) is 0 Å². The number of nitrogens with zero attached hydrogens (tertiary/aromatic N) is 1. The lowest BCUT2D eigenvalue weighted by Crippen LogP contribution is -2.08. The second kappa shape index (κ2) is 7.74. The summed E-state index contributed by atoms with van der Waals surface area (Å²) in [7, 11) is -3.77. The molecule has 26 heavy (non-hydrogen) atoms. The predicted octanol–water partition coefficient (Wildman–Crippen LogP) is 4.69. The van der Waals surface area contributed by atoms with Crippen molar-refractivity contribution >= 4 is 15.7 Å². The number of hydrogen-bond donors (Lipinski definition) is 1. The third kappa shape index (κ3) is 3.80. The van der Waals surface area contributed by atoms with Crippen molar-refractivity contribution < 1.29 is 12.8 Å². The molecular formula is C20H22N2O3S. The molecule has 0 amide bonds. The van der Waals surface area contributed by atoms with E-state index in [2.05, 4.69) is 17.2 Å². The lowest BCUT2D eigenvalue weighted by molar-refractivity contribution is 0.575. The van der Waals surface area contributed by atoms with Gasteiger partial charge in [0.25, 0.3) is 0 Å². The maximum absolute atomic E-state index is 13.0. The standard InChI is InChI=1S/C20H22N2O3S/c1-3-4-14-21-19-20(26(23,24)17-8-6-5-7-9-17)22-18(25-19)16-12-10-15(2)11-13-16/h5-13,21H,3-4,14H2,1-2H3. The van der Waals surface area contributed by atoms with Gasteiger partial charge in [-0.3, -0.25) is 0 Å². The fourth-order valence-corrected chi connectivity index (χ4v) is 3.81. The molecule has 1 aromatic heterocycles. The first-order valence-electron chi connectivity index (χ1n) is 8.64. The van der Waals surface area contributed by atoms with Crippen molar-refractivity contribution in [1.82, 2.24) is 4.98 Å². The smallest absolute Gasteiger partial charge is 0.233 e. The van der Waals surface area contributed by atoms with E-state index in [1.165, 1.54) is 0 Å². The van der Waals surface area contributed by atoms with Crippen LogP contribution < -0.4 is 5.32 Å². The van der Waals surface area contributed by atoms with Crippen molar-refractivity contribution in [3.8, 4) is 11.5 Å². The number of sulfone groups is 1. The van der Waals surface area contributed by atoms with Gasteiger partial charge in [0.1, 0.15) is 0 Å². The minimum Gasteiger partial charge on any atom is -0.419 e. The normalized spacial score (nSPS) is 11.5. The molecule has 0 bridgehead atoms. The molecule has 0 atom stereocenters. The molecule has 1 N–H and O–H groups in total. The van der Waals surface area contributed by atoms with E-state index in [9.17, 15) is 8.42 Å². The molecule has 0 saturated carbocycles. The van der Waals surface area contributed by atoms with Crippen LogP contribution >= 0.6 is 0 Å².